The van der Waals surface area contributed by atoms with Gasteiger partial charge >= 0.3 is 0 Å². The van der Waals surface area contributed by atoms with Crippen molar-refractivity contribution in [3.05, 3.63) is 42.7 Å². The van der Waals surface area contributed by atoms with Crippen LogP contribution in [0.1, 0.15) is 19.3 Å². The van der Waals surface area contributed by atoms with Gasteiger partial charge in [0.15, 0.2) is 0 Å². The molecule has 1 aliphatic rings. The number of benzene rings is 1. The number of hydrogen-bond acceptors (Lipinski definition) is 2. The number of hydrogen-bond donors (Lipinski definition) is 0. The lowest BCUT2D eigenvalue weighted by atomic mass is 10.2. The average molecular weight is 263 g/mol. The monoisotopic (exact) mass is 263 g/mol. The maximum atomic E-state index is 12.5. The second kappa shape index (κ2) is 6.36. The number of carbonyl (C=O) groups is 1. The largest absolute Gasteiger partial charge is 0.489 e. The van der Waals surface area contributed by atoms with E-state index < -0.39 is 5.83 Å². The Balaban J connectivity index is 1.80. The standard InChI is InChI=1S/C15H18FNO2/c1-12(16)7-8-15(18)17-10-9-14(11-17)19-13-5-3-2-4-6-13/h2-6,14H,1,7-11H2. The maximum absolute atomic E-state index is 12.5. The zero-order valence-electron chi connectivity index (χ0n) is 10.8. The molecule has 102 valence electrons. The molecule has 2 rings (SSSR count). The van der Waals surface area contributed by atoms with Crippen molar-refractivity contribution < 1.29 is 13.9 Å². The third-order valence-electron chi connectivity index (χ3n) is 3.15. The summed E-state index contributed by atoms with van der Waals surface area (Å²) in [7, 11) is 0. The van der Waals surface area contributed by atoms with Crippen LogP contribution in [0.2, 0.25) is 0 Å². The van der Waals surface area contributed by atoms with Crippen LogP contribution in [-0.2, 0) is 4.79 Å². The number of likely N-dealkylation sites (tertiary alicyclic amines) is 1. The minimum atomic E-state index is -0.440. The number of rotatable bonds is 5. The van der Waals surface area contributed by atoms with Crippen LogP contribution in [0, 0.1) is 0 Å². The highest BCUT2D eigenvalue weighted by atomic mass is 19.1. The minimum Gasteiger partial charge on any atom is -0.489 e. The van der Waals surface area contributed by atoms with E-state index in [9.17, 15) is 9.18 Å². The van der Waals surface area contributed by atoms with Gasteiger partial charge in [0, 0.05) is 25.8 Å². The van der Waals surface area contributed by atoms with Crippen molar-refractivity contribution in [2.75, 3.05) is 13.1 Å². The summed E-state index contributed by atoms with van der Waals surface area (Å²) in [6.45, 7) is 4.41. The van der Waals surface area contributed by atoms with E-state index in [4.69, 9.17) is 4.74 Å². The van der Waals surface area contributed by atoms with Crippen molar-refractivity contribution in [1.29, 1.82) is 0 Å². The lowest BCUT2D eigenvalue weighted by molar-refractivity contribution is -0.130. The first-order valence-corrected chi connectivity index (χ1v) is 6.48. The fraction of sp³-hybridized carbons (Fsp3) is 0.400. The van der Waals surface area contributed by atoms with Crippen LogP contribution in [0.3, 0.4) is 0 Å². The van der Waals surface area contributed by atoms with Crippen LogP contribution < -0.4 is 4.74 Å². The highest BCUT2D eigenvalue weighted by molar-refractivity contribution is 5.76. The quantitative estimate of drug-likeness (QED) is 0.817. The summed E-state index contributed by atoms with van der Waals surface area (Å²) in [6.07, 6.45) is 1.14. The molecular formula is C15H18FNO2. The molecule has 1 unspecified atom stereocenters. The van der Waals surface area contributed by atoms with Gasteiger partial charge in [-0.2, -0.15) is 0 Å². The molecular weight excluding hydrogens is 245 g/mol. The molecule has 1 saturated heterocycles. The summed E-state index contributed by atoms with van der Waals surface area (Å²) >= 11 is 0. The first-order chi connectivity index (χ1) is 9.15. The molecule has 1 aromatic carbocycles. The van der Waals surface area contributed by atoms with E-state index in [1.54, 1.807) is 4.90 Å². The van der Waals surface area contributed by atoms with E-state index in [0.29, 0.717) is 13.1 Å². The Morgan fingerprint density at radius 1 is 1.37 bits per heavy atom. The predicted octanol–water partition coefficient (Wildman–Crippen LogP) is 2.93. The number of nitrogens with zero attached hydrogens (tertiary/aromatic N) is 1. The van der Waals surface area contributed by atoms with E-state index in [-0.39, 0.29) is 24.9 Å². The van der Waals surface area contributed by atoms with Gasteiger partial charge in [-0.1, -0.05) is 24.8 Å². The van der Waals surface area contributed by atoms with Gasteiger partial charge in [-0.15, -0.1) is 0 Å². The second-order valence-corrected chi connectivity index (χ2v) is 4.70. The molecule has 0 saturated carbocycles. The van der Waals surface area contributed by atoms with Crippen LogP contribution in [-0.4, -0.2) is 30.0 Å². The van der Waals surface area contributed by atoms with Crippen LogP contribution in [0.25, 0.3) is 0 Å². The van der Waals surface area contributed by atoms with E-state index in [2.05, 4.69) is 6.58 Å². The van der Waals surface area contributed by atoms with Crippen LogP contribution >= 0.6 is 0 Å². The number of carbonyl (C=O) groups excluding carboxylic acids is 1. The lowest BCUT2D eigenvalue weighted by Crippen LogP contribution is -2.30. The maximum Gasteiger partial charge on any atom is 0.223 e. The first-order valence-electron chi connectivity index (χ1n) is 6.48. The molecule has 0 radical (unpaired) electrons. The molecule has 1 amide bonds. The molecule has 1 aromatic rings. The number of allylic oxidation sites excluding steroid dienone is 1. The van der Waals surface area contributed by atoms with Crippen molar-refractivity contribution in [2.24, 2.45) is 0 Å². The molecule has 1 atom stereocenters. The molecule has 1 aliphatic heterocycles. The molecule has 3 nitrogen and oxygen atoms in total. The summed E-state index contributed by atoms with van der Waals surface area (Å²) < 4.78 is 18.3. The Kier molecular flexibility index (Phi) is 4.55. The van der Waals surface area contributed by atoms with Gasteiger partial charge in [-0.25, -0.2) is 4.39 Å². The van der Waals surface area contributed by atoms with Gasteiger partial charge in [-0.3, -0.25) is 4.79 Å². The number of para-hydroxylation sites is 1. The van der Waals surface area contributed by atoms with Crippen molar-refractivity contribution in [3.8, 4) is 5.75 Å². The van der Waals surface area contributed by atoms with E-state index in [1.807, 2.05) is 30.3 Å². The molecule has 0 bridgehead atoms. The second-order valence-electron chi connectivity index (χ2n) is 4.70. The normalized spacial score (nSPS) is 18.4. The van der Waals surface area contributed by atoms with Gasteiger partial charge < -0.3 is 9.64 Å². The first kappa shape index (κ1) is 13.6. The summed E-state index contributed by atoms with van der Waals surface area (Å²) in [5, 5.41) is 0. The van der Waals surface area contributed by atoms with Gasteiger partial charge in [0.1, 0.15) is 11.9 Å². The zero-order chi connectivity index (χ0) is 13.7. The van der Waals surface area contributed by atoms with E-state index in [0.717, 1.165) is 12.2 Å². The molecule has 1 heterocycles. The van der Waals surface area contributed by atoms with Crippen molar-refractivity contribution in [2.45, 2.75) is 25.4 Å². The number of amides is 1. The minimum absolute atomic E-state index is 0.0277. The van der Waals surface area contributed by atoms with Crippen LogP contribution in [0.15, 0.2) is 42.7 Å². The summed E-state index contributed by atoms with van der Waals surface area (Å²) in [5.41, 5.74) is 0. The molecule has 1 fully saturated rings. The Morgan fingerprint density at radius 2 is 2.11 bits per heavy atom. The topological polar surface area (TPSA) is 29.5 Å². The fourth-order valence-corrected chi connectivity index (χ4v) is 2.14. The summed E-state index contributed by atoms with van der Waals surface area (Å²) in [4.78, 5) is 13.5. The smallest absolute Gasteiger partial charge is 0.223 e. The van der Waals surface area contributed by atoms with Crippen molar-refractivity contribution >= 4 is 5.91 Å². The van der Waals surface area contributed by atoms with Crippen molar-refractivity contribution in [1.82, 2.24) is 4.90 Å². The van der Waals surface area contributed by atoms with E-state index in [1.165, 1.54) is 0 Å². The Morgan fingerprint density at radius 3 is 2.79 bits per heavy atom. The number of halogens is 1. The molecule has 0 aliphatic carbocycles. The number of ether oxygens (including phenoxy) is 1. The average Bonchev–Trinajstić information content (AvgIpc) is 2.85. The van der Waals surface area contributed by atoms with Crippen LogP contribution in [0.5, 0.6) is 5.75 Å². The molecule has 0 aromatic heterocycles. The summed E-state index contributed by atoms with van der Waals surface area (Å²) in [6, 6.07) is 9.57. The highest BCUT2D eigenvalue weighted by Gasteiger charge is 2.27. The van der Waals surface area contributed by atoms with Gasteiger partial charge in [0.2, 0.25) is 5.91 Å². The van der Waals surface area contributed by atoms with Crippen molar-refractivity contribution in [3.63, 3.8) is 0 Å². The van der Waals surface area contributed by atoms with Crippen LogP contribution in [0.4, 0.5) is 4.39 Å². The SMILES string of the molecule is C=C(F)CCC(=O)N1CCC(Oc2ccccc2)C1. The molecule has 0 N–H and O–H groups in total. The van der Waals surface area contributed by atoms with E-state index >= 15 is 0 Å². The summed E-state index contributed by atoms with van der Waals surface area (Å²) in [5.74, 6) is 0.349. The Labute approximate surface area is 112 Å². The van der Waals surface area contributed by atoms with Gasteiger partial charge in [-0.05, 0) is 12.1 Å². The third-order valence-corrected chi connectivity index (χ3v) is 3.15. The predicted molar refractivity (Wildman–Crippen MR) is 71.5 cm³/mol. The Hall–Kier alpha value is -1.84. The fourth-order valence-electron chi connectivity index (χ4n) is 2.14. The zero-order valence-corrected chi connectivity index (χ0v) is 10.8. The van der Waals surface area contributed by atoms with Gasteiger partial charge in [0.05, 0.1) is 12.4 Å². The highest BCUT2D eigenvalue weighted by Crippen LogP contribution is 2.19. The Bertz CT molecular complexity index is 447. The molecule has 0 spiro atoms. The third kappa shape index (κ3) is 4.09. The molecule has 4 heteroatoms. The lowest BCUT2D eigenvalue weighted by Gasteiger charge is -2.17. The molecule has 19 heavy (non-hydrogen) atoms. The van der Waals surface area contributed by atoms with Gasteiger partial charge in [0.25, 0.3) is 0 Å².